The van der Waals surface area contributed by atoms with E-state index in [1.807, 2.05) is 6.92 Å². The van der Waals surface area contributed by atoms with Crippen LogP contribution in [0.2, 0.25) is 0 Å². The first kappa shape index (κ1) is 13.1. The van der Waals surface area contributed by atoms with Crippen molar-refractivity contribution in [3.8, 4) is 0 Å². The van der Waals surface area contributed by atoms with Crippen molar-refractivity contribution in [3.05, 3.63) is 35.1 Å². The van der Waals surface area contributed by atoms with Gasteiger partial charge < -0.3 is 10.2 Å². The fourth-order valence-electron chi connectivity index (χ4n) is 1.51. The second kappa shape index (κ2) is 4.75. The molecule has 0 amide bonds. The Morgan fingerprint density at radius 3 is 2.67 bits per heavy atom. The number of hydrogen-bond donors (Lipinski definition) is 2. The minimum absolute atomic E-state index is 0.204. The summed E-state index contributed by atoms with van der Waals surface area (Å²) in [5.41, 5.74) is 5.97. The number of furan rings is 1. The maximum absolute atomic E-state index is 12.0. The zero-order valence-electron chi connectivity index (χ0n) is 10.0. The van der Waals surface area contributed by atoms with Crippen LogP contribution < -0.4 is 10.5 Å². The molecule has 0 radical (unpaired) electrons. The van der Waals surface area contributed by atoms with E-state index in [4.69, 9.17) is 10.2 Å². The van der Waals surface area contributed by atoms with Crippen LogP contribution in [0.5, 0.6) is 0 Å². The number of rotatable bonds is 4. The van der Waals surface area contributed by atoms with Gasteiger partial charge >= 0.3 is 0 Å². The molecule has 0 spiro atoms. The molecule has 3 N–H and O–H groups in total. The Morgan fingerprint density at radius 2 is 2.17 bits per heavy atom. The maximum atomic E-state index is 12.0. The number of nitrogens with two attached hydrogens (primary N) is 1. The maximum Gasteiger partial charge on any atom is 0.250 e. The van der Waals surface area contributed by atoms with Crippen LogP contribution in [0.4, 0.5) is 5.69 Å². The van der Waals surface area contributed by atoms with Crippen molar-refractivity contribution >= 4 is 27.0 Å². The van der Waals surface area contributed by atoms with Crippen LogP contribution in [0.3, 0.4) is 0 Å². The van der Waals surface area contributed by atoms with Gasteiger partial charge in [-0.05, 0) is 32.0 Å². The van der Waals surface area contributed by atoms with Crippen LogP contribution in [0, 0.1) is 6.92 Å². The number of thiophene rings is 1. The van der Waals surface area contributed by atoms with Gasteiger partial charge in [-0.3, -0.25) is 0 Å². The Bertz CT molecular complexity index is 643. The molecule has 5 nitrogen and oxygen atoms in total. The number of hydrogen-bond acceptors (Lipinski definition) is 5. The Kier molecular flexibility index (Phi) is 3.47. The van der Waals surface area contributed by atoms with E-state index in [0.29, 0.717) is 11.4 Å². The first-order valence-corrected chi connectivity index (χ1v) is 7.67. The summed E-state index contributed by atoms with van der Waals surface area (Å²) in [5, 5.41) is 1.59. The monoisotopic (exact) mass is 286 g/mol. The summed E-state index contributed by atoms with van der Waals surface area (Å²) in [6.45, 7) is 3.54. The van der Waals surface area contributed by atoms with Crippen LogP contribution in [0.1, 0.15) is 24.5 Å². The molecule has 2 rings (SSSR count). The molecule has 2 aromatic rings. The van der Waals surface area contributed by atoms with E-state index >= 15 is 0 Å². The van der Waals surface area contributed by atoms with Crippen LogP contribution >= 0.6 is 11.3 Å². The number of nitrogens with one attached hydrogen (secondary N) is 1. The smallest absolute Gasteiger partial charge is 0.250 e. The topological polar surface area (TPSA) is 85.3 Å². The van der Waals surface area contributed by atoms with Crippen molar-refractivity contribution in [2.24, 2.45) is 0 Å². The molecule has 1 unspecified atom stereocenters. The summed E-state index contributed by atoms with van der Waals surface area (Å²) in [6.07, 6.45) is 0. The first-order chi connectivity index (χ1) is 8.38. The predicted octanol–water partition coefficient (Wildman–Crippen LogP) is 2.27. The second-order valence-electron chi connectivity index (χ2n) is 3.99. The minimum Gasteiger partial charge on any atom is -0.465 e. The van der Waals surface area contributed by atoms with Gasteiger partial charge in [-0.1, -0.05) is 0 Å². The molecule has 2 heterocycles. The molecule has 2 aromatic heterocycles. The molecular weight excluding hydrogens is 272 g/mol. The van der Waals surface area contributed by atoms with Gasteiger partial charge in [0.15, 0.2) is 0 Å². The van der Waals surface area contributed by atoms with E-state index in [0.717, 1.165) is 17.1 Å². The van der Waals surface area contributed by atoms with Crippen molar-refractivity contribution in [1.29, 1.82) is 0 Å². The lowest BCUT2D eigenvalue weighted by molar-refractivity contribution is 0.441. The molecule has 7 heteroatoms. The second-order valence-corrected chi connectivity index (χ2v) is 6.84. The molecule has 1 atom stereocenters. The Morgan fingerprint density at radius 1 is 1.44 bits per heavy atom. The highest BCUT2D eigenvalue weighted by Crippen LogP contribution is 2.24. The third-order valence-corrected chi connectivity index (χ3v) is 5.38. The van der Waals surface area contributed by atoms with Crippen molar-refractivity contribution < 1.29 is 12.8 Å². The van der Waals surface area contributed by atoms with Crippen LogP contribution in [-0.4, -0.2) is 8.42 Å². The average Bonchev–Trinajstić information content (AvgIpc) is 2.86. The molecule has 18 heavy (non-hydrogen) atoms. The Hall–Kier alpha value is -1.31. The Balaban J connectivity index is 2.18. The molecule has 0 bridgehead atoms. The number of aryl methyl sites for hydroxylation is 1. The number of sulfonamides is 1. The Labute approximate surface area is 110 Å². The summed E-state index contributed by atoms with van der Waals surface area (Å²) in [4.78, 5) is 0. The predicted molar refractivity (Wildman–Crippen MR) is 70.9 cm³/mol. The SMILES string of the molecule is Cc1ccc(C(C)NS(=O)(=O)c2cc(N)cs2)o1. The summed E-state index contributed by atoms with van der Waals surface area (Å²) in [6, 6.07) is 4.56. The summed E-state index contributed by atoms with van der Waals surface area (Å²) in [5.74, 6) is 1.33. The molecule has 0 aliphatic carbocycles. The summed E-state index contributed by atoms with van der Waals surface area (Å²) in [7, 11) is -3.55. The minimum atomic E-state index is -3.55. The van der Waals surface area contributed by atoms with E-state index in [9.17, 15) is 8.42 Å². The van der Waals surface area contributed by atoms with Gasteiger partial charge in [0.1, 0.15) is 15.7 Å². The van der Waals surface area contributed by atoms with Crippen LogP contribution in [0.15, 0.2) is 32.2 Å². The molecule has 0 fully saturated rings. The van der Waals surface area contributed by atoms with Crippen molar-refractivity contribution in [2.75, 3.05) is 5.73 Å². The van der Waals surface area contributed by atoms with Crippen LogP contribution in [-0.2, 0) is 10.0 Å². The van der Waals surface area contributed by atoms with Gasteiger partial charge in [-0.25, -0.2) is 13.1 Å². The van der Waals surface area contributed by atoms with Crippen LogP contribution in [0.25, 0.3) is 0 Å². The summed E-state index contributed by atoms with van der Waals surface area (Å²) >= 11 is 1.09. The molecule has 0 aliphatic heterocycles. The van der Waals surface area contributed by atoms with E-state index in [-0.39, 0.29) is 4.21 Å². The molecular formula is C11H14N2O3S2. The summed E-state index contributed by atoms with van der Waals surface area (Å²) < 4.78 is 32.2. The lowest BCUT2D eigenvalue weighted by Crippen LogP contribution is -2.25. The van der Waals surface area contributed by atoms with Gasteiger partial charge in [-0.15, -0.1) is 11.3 Å². The quantitative estimate of drug-likeness (QED) is 0.903. The highest BCUT2D eigenvalue weighted by Gasteiger charge is 2.21. The standard InChI is InChI=1S/C11H14N2O3S2/c1-7-3-4-10(16-7)8(2)13-18(14,15)11-5-9(12)6-17-11/h3-6,8,13H,12H2,1-2H3. The van der Waals surface area contributed by atoms with E-state index in [1.54, 1.807) is 24.4 Å². The van der Waals surface area contributed by atoms with Gasteiger partial charge in [-0.2, -0.15) is 0 Å². The van der Waals surface area contributed by atoms with Gasteiger partial charge in [0.2, 0.25) is 0 Å². The van der Waals surface area contributed by atoms with E-state index in [1.165, 1.54) is 6.07 Å². The molecule has 0 aliphatic rings. The van der Waals surface area contributed by atoms with E-state index in [2.05, 4.69) is 4.72 Å². The molecule has 0 saturated carbocycles. The van der Waals surface area contributed by atoms with E-state index < -0.39 is 16.1 Å². The molecule has 98 valence electrons. The van der Waals surface area contributed by atoms with Gasteiger partial charge in [0.05, 0.1) is 6.04 Å². The molecule has 0 aromatic carbocycles. The number of nitrogen functional groups attached to an aromatic ring is 1. The first-order valence-electron chi connectivity index (χ1n) is 5.31. The number of anilines is 1. The zero-order chi connectivity index (χ0) is 13.3. The fraction of sp³-hybridized carbons (Fsp3) is 0.273. The van der Waals surface area contributed by atoms with Gasteiger partial charge in [0.25, 0.3) is 10.0 Å². The van der Waals surface area contributed by atoms with Gasteiger partial charge in [0, 0.05) is 11.1 Å². The average molecular weight is 286 g/mol. The third-order valence-electron chi connectivity index (χ3n) is 2.38. The highest BCUT2D eigenvalue weighted by atomic mass is 32.2. The fourth-order valence-corrected chi connectivity index (χ4v) is 3.81. The largest absolute Gasteiger partial charge is 0.465 e. The highest BCUT2D eigenvalue weighted by molar-refractivity contribution is 7.91. The lowest BCUT2D eigenvalue weighted by atomic mass is 10.3. The third kappa shape index (κ3) is 2.74. The molecule has 0 saturated heterocycles. The zero-order valence-corrected chi connectivity index (χ0v) is 11.6. The van der Waals surface area contributed by atoms with Crippen molar-refractivity contribution in [2.45, 2.75) is 24.1 Å². The normalized spacial score (nSPS) is 13.7. The van der Waals surface area contributed by atoms with Crippen molar-refractivity contribution in [3.63, 3.8) is 0 Å². The van der Waals surface area contributed by atoms with Crippen molar-refractivity contribution in [1.82, 2.24) is 4.72 Å². The lowest BCUT2D eigenvalue weighted by Gasteiger charge is -2.10.